The Morgan fingerprint density at radius 2 is 2.00 bits per heavy atom. The van der Waals surface area contributed by atoms with Crippen molar-refractivity contribution in [1.82, 2.24) is 14.8 Å². The maximum absolute atomic E-state index is 12.3. The highest BCUT2D eigenvalue weighted by Gasteiger charge is 2.29. The summed E-state index contributed by atoms with van der Waals surface area (Å²) in [6.45, 7) is 4.41. The monoisotopic (exact) mass is 298 g/mol. The molecule has 7 heteroatoms. The van der Waals surface area contributed by atoms with Crippen LogP contribution in [0.3, 0.4) is 0 Å². The van der Waals surface area contributed by atoms with Gasteiger partial charge in [0, 0.05) is 24.8 Å². The molecular weight excluding hydrogens is 276 g/mol. The van der Waals surface area contributed by atoms with Gasteiger partial charge in [0.05, 0.1) is 0 Å². The normalized spacial score (nSPS) is 24.8. The van der Waals surface area contributed by atoms with E-state index in [1.54, 1.807) is 6.07 Å². The molecule has 1 aliphatic rings. The van der Waals surface area contributed by atoms with Crippen LogP contribution in [0.25, 0.3) is 0 Å². The van der Waals surface area contributed by atoms with Crippen molar-refractivity contribution in [3.8, 4) is 0 Å². The molecule has 1 aromatic heterocycles. The lowest BCUT2D eigenvalue weighted by Crippen LogP contribution is -2.54. The van der Waals surface area contributed by atoms with E-state index in [0.717, 1.165) is 24.8 Å². The third-order valence-corrected chi connectivity index (χ3v) is 4.97. The highest BCUT2D eigenvalue weighted by atomic mass is 32.2. The minimum Gasteiger partial charge on any atom is -0.326 e. The average Bonchev–Trinajstić information content (AvgIpc) is 2.43. The van der Waals surface area contributed by atoms with Crippen LogP contribution < -0.4 is 10.6 Å². The Balaban J connectivity index is 2.17. The van der Waals surface area contributed by atoms with E-state index < -0.39 is 10.0 Å². The predicted octanol–water partition coefficient (Wildman–Crippen LogP) is 0.996. The molecule has 0 radical (unpaired) electrons. The fraction of sp³-hybridized carbons (Fsp3) is 0.615. The number of sulfonamides is 1. The van der Waals surface area contributed by atoms with Crippen LogP contribution in [0, 0.1) is 0 Å². The zero-order valence-electron chi connectivity index (χ0n) is 11.9. The number of hydrazine groups is 1. The van der Waals surface area contributed by atoms with Crippen molar-refractivity contribution in [3.05, 3.63) is 23.9 Å². The topological polar surface area (TPSA) is 88.3 Å². The van der Waals surface area contributed by atoms with E-state index in [2.05, 4.69) is 9.82 Å². The molecule has 0 aliphatic carbocycles. The van der Waals surface area contributed by atoms with Crippen LogP contribution in [0.5, 0.6) is 0 Å². The van der Waals surface area contributed by atoms with Crippen molar-refractivity contribution >= 4 is 10.0 Å². The van der Waals surface area contributed by atoms with Gasteiger partial charge in [0.2, 0.25) is 0 Å². The smallest absolute Gasteiger partial charge is 0.270 e. The molecule has 0 aromatic carbocycles. The molecule has 2 unspecified atom stereocenters. The standard InChI is InChI=1S/C13H22N4O2S/c1-10-4-3-5-11(2)17(10)16-20(18,19)13-7-6-12(8-14)9-15-13/h6-7,9-11,16H,3-5,8,14H2,1-2H3. The van der Waals surface area contributed by atoms with E-state index in [1.165, 1.54) is 12.3 Å². The number of aromatic nitrogens is 1. The molecule has 112 valence electrons. The van der Waals surface area contributed by atoms with Crippen LogP contribution >= 0.6 is 0 Å². The van der Waals surface area contributed by atoms with Gasteiger partial charge in [-0.25, -0.2) is 18.4 Å². The van der Waals surface area contributed by atoms with Gasteiger partial charge in [-0.1, -0.05) is 12.5 Å². The van der Waals surface area contributed by atoms with Crippen LogP contribution in [0.15, 0.2) is 23.4 Å². The third kappa shape index (κ3) is 3.35. The molecule has 20 heavy (non-hydrogen) atoms. The molecule has 1 fully saturated rings. The summed E-state index contributed by atoms with van der Waals surface area (Å²) in [7, 11) is -3.63. The molecule has 2 heterocycles. The number of piperidine rings is 1. The van der Waals surface area contributed by atoms with Gasteiger partial charge in [0.15, 0.2) is 5.03 Å². The lowest BCUT2D eigenvalue weighted by molar-refractivity contribution is 0.0789. The minimum atomic E-state index is -3.63. The van der Waals surface area contributed by atoms with E-state index in [9.17, 15) is 8.42 Å². The van der Waals surface area contributed by atoms with Crippen LogP contribution in [0.2, 0.25) is 0 Å². The van der Waals surface area contributed by atoms with E-state index in [1.807, 2.05) is 18.9 Å². The molecule has 0 bridgehead atoms. The van der Waals surface area contributed by atoms with Gasteiger partial charge in [-0.3, -0.25) is 0 Å². The first-order valence-electron chi connectivity index (χ1n) is 6.90. The number of nitrogens with one attached hydrogen (secondary N) is 1. The molecule has 1 aliphatic heterocycles. The van der Waals surface area contributed by atoms with Crippen molar-refractivity contribution in [2.45, 2.75) is 56.8 Å². The number of nitrogens with zero attached hydrogens (tertiary/aromatic N) is 2. The highest BCUT2D eigenvalue weighted by molar-refractivity contribution is 7.89. The molecule has 2 atom stereocenters. The van der Waals surface area contributed by atoms with E-state index >= 15 is 0 Å². The predicted molar refractivity (Wildman–Crippen MR) is 77.1 cm³/mol. The molecule has 0 saturated carbocycles. The number of nitrogens with two attached hydrogens (primary N) is 1. The van der Waals surface area contributed by atoms with Gasteiger partial charge in [-0.2, -0.15) is 0 Å². The first-order valence-corrected chi connectivity index (χ1v) is 8.38. The second-order valence-electron chi connectivity index (χ2n) is 5.34. The van der Waals surface area contributed by atoms with Gasteiger partial charge in [0.25, 0.3) is 10.0 Å². The molecule has 1 aromatic rings. The largest absolute Gasteiger partial charge is 0.326 e. The van der Waals surface area contributed by atoms with Crippen molar-refractivity contribution in [1.29, 1.82) is 0 Å². The molecule has 1 saturated heterocycles. The maximum atomic E-state index is 12.3. The highest BCUT2D eigenvalue weighted by Crippen LogP contribution is 2.21. The second kappa shape index (κ2) is 6.17. The minimum absolute atomic E-state index is 0.0275. The van der Waals surface area contributed by atoms with Gasteiger partial charge >= 0.3 is 0 Å². The Hall–Kier alpha value is -1.02. The van der Waals surface area contributed by atoms with Crippen molar-refractivity contribution in [2.75, 3.05) is 0 Å². The first-order chi connectivity index (χ1) is 9.44. The SMILES string of the molecule is CC1CCCC(C)N1NS(=O)(=O)c1ccc(CN)cn1. The van der Waals surface area contributed by atoms with Gasteiger partial charge in [-0.15, -0.1) is 4.83 Å². The van der Waals surface area contributed by atoms with Crippen molar-refractivity contribution in [3.63, 3.8) is 0 Å². The van der Waals surface area contributed by atoms with Gasteiger partial charge < -0.3 is 5.73 Å². The van der Waals surface area contributed by atoms with E-state index in [4.69, 9.17) is 5.73 Å². The van der Waals surface area contributed by atoms with Crippen LogP contribution in [-0.4, -0.2) is 30.5 Å². The fourth-order valence-corrected chi connectivity index (χ4v) is 3.65. The molecule has 0 amide bonds. The number of rotatable bonds is 4. The molecule has 0 spiro atoms. The summed E-state index contributed by atoms with van der Waals surface area (Å²) in [5, 5.41) is 1.84. The summed E-state index contributed by atoms with van der Waals surface area (Å²) in [5.41, 5.74) is 6.29. The molecule has 3 N–H and O–H groups in total. The number of hydrogen-bond donors (Lipinski definition) is 2. The Bertz CT molecular complexity index is 534. The summed E-state index contributed by atoms with van der Waals surface area (Å²) in [4.78, 5) is 6.64. The third-order valence-electron chi connectivity index (χ3n) is 3.73. The lowest BCUT2D eigenvalue weighted by Gasteiger charge is -2.38. The van der Waals surface area contributed by atoms with E-state index in [-0.39, 0.29) is 17.1 Å². The second-order valence-corrected chi connectivity index (χ2v) is 6.95. The number of hydrogen-bond acceptors (Lipinski definition) is 5. The van der Waals surface area contributed by atoms with E-state index in [0.29, 0.717) is 6.54 Å². The quantitative estimate of drug-likeness (QED) is 0.865. The number of pyridine rings is 1. The van der Waals surface area contributed by atoms with Gasteiger partial charge in [0.1, 0.15) is 0 Å². The molecule has 6 nitrogen and oxygen atoms in total. The van der Waals surface area contributed by atoms with Gasteiger partial charge in [-0.05, 0) is 38.3 Å². The summed E-state index contributed by atoms with van der Waals surface area (Å²) in [6.07, 6.45) is 4.61. The molecular formula is C13H22N4O2S. The van der Waals surface area contributed by atoms with Crippen molar-refractivity contribution in [2.24, 2.45) is 5.73 Å². The zero-order chi connectivity index (χ0) is 14.8. The first kappa shape index (κ1) is 15.4. The van der Waals surface area contributed by atoms with Crippen LogP contribution in [-0.2, 0) is 16.6 Å². The fourth-order valence-electron chi connectivity index (χ4n) is 2.48. The Morgan fingerprint density at radius 1 is 1.35 bits per heavy atom. The lowest BCUT2D eigenvalue weighted by atomic mass is 10.0. The summed E-state index contributed by atoms with van der Waals surface area (Å²) < 4.78 is 24.7. The average molecular weight is 298 g/mol. The molecule has 2 rings (SSSR count). The summed E-state index contributed by atoms with van der Waals surface area (Å²) >= 11 is 0. The Labute approximate surface area is 120 Å². The summed E-state index contributed by atoms with van der Waals surface area (Å²) in [5.74, 6) is 0. The van der Waals surface area contributed by atoms with Crippen LogP contribution in [0.1, 0.15) is 38.7 Å². The maximum Gasteiger partial charge on any atom is 0.270 e. The zero-order valence-corrected chi connectivity index (χ0v) is 12.7. The van der Waals surface area contributed by atoms with Crippen LogP contribution in [0.4, 0.5) is 0 Å². The Kier molecular flexibility index (Phi) is 4.74. The van der Waals surface area contributed by atoms with Crippen molar-refractivity contribution < 1.29 is 8.42 Å². The Morgan fingerprint density at radius 3 is 2.50 bits per heavy atom. The summed E-state index contributed by atoms with van der Waals surface area (Å²) in [6, 6.07) is 3.56.